The monoisotopic (exact) mass is 716 g/mol. The standard InChI is InChI=1S/C25H25.C11H17.C6H10.2ClH.Zr/c1-14-12-24(3,4)22-8-16-7-17-9-23-19(15(2)13-25(23,5)6)11-21(17)20(16)10-18(14)22;1-5-9-6-7-10(8-9)11(2,3)4;1-2-4-6-5-3-1;;;/h7-13H,1-6H3;7-9H,5H2,1-4H3;1-5H2;2*1H;/q2*-1;;;;+2/p-2. The molecule has 7 rings (SSSR count). The molecule has 3 aromatic rings. The molecule has 45 heavy (non-hydrogen) atoms. The van der Waals surface area contributed by atoms with E-state index >= 15 is 0 Å². The van der Waals surface area contributed by atoms with Crippen molar-refractivity contribution in [2.45, 2.75) is 119 Å². The molecule has 0 heterocycles. The number of rotatable bonds is 1. The Labute approximate surface area is 301 Å². The fraction of sp³-hybridized carbons (Fsp3) is 0.476. The van der Waals surface area contributed by atoms with Crippen LogP contribution in [0.4, 0.5) is 0 Å². The molecule has 0 amide bonds. The Morgan fingerprint density at radius 2 is 1.27 bits per heavy atom. The average Bonchev–Trinajstić information content (AvgIpc) is 3.66. The predicted molar refractivity (Wildman–Crippen MR) is 188 cm³/mol. The van der Waals surface area contributed by atoms with Crippen molar-refractivity contribution in [1.82, 2.24) is 0 Å². The van der Waals surface area contributed by atoms with Gasteiger partial charge in [-0.05, 0) is 36.1 Å². The summed E-state index contributed by atoms with van der Waals surface area (Å²) in [4.78, 5) is 0. The van der Waals surface area contributed by atoms with Gasteiger partial charge in [-0.2, -0.15) is 11.6 Å². The summed E-state index contributed by atoms with van der Waals surface area (Å²) < 4.78 is 1.80. The molecule has 240 valence electrons. The summed E-state index contributed by atoms with van der Waals surface area (Å²) in [5, 5.41) is 5.57. The molecule has 0 N–H and O–H groups in total. The molecular weight excluding hydrogens is 667 g/mol. The van der Waals surface area contributed by atoms with E-state index in [1.165, 1.54) is 99.0 Å². The molecule has 0 spiro atoms. The molecule has 0 aromatic heterocycles. The molecular formula is C42H52Cl2Zr-2. The zero-order valence-corrected chi connectivity index (χ0v) is 33.2. The van der Waals surface area contributed by atoms with Crippen LogP contribution in [0.2, 0.25) is 0 Å². The maximum absolute atomic E-state index is 3.35. The van der Waals surface area contributed by atoms with Gasteiger partial charge in [0.05, 0.1) is 0 Å². The van der Waals surface area contributed by atoms with Crippen LogP contribution in [0, 0.1) is 17.4 Å². The molecule has 1 unspecified atom stereocenters. The number of allylic oxidation sites excluding steroid dienone is 8. The van der Waals surface area contributed by atoms with Crippen molar-refractivity contribution in [2.75, 3.05) is 0 Å². The molecule has 1 atom stereocenters. The van der Waals surface area contributed by atoms with Crippen molar-refractivity contribution in [1.29, 1.82) is 0 Å². The summed E-state index contributed by atoms with van der Waals surface area (Å²) in [7, 11) is 0. The first-order valence-electron chi connectivity index (χ1n) is 16.6. The second-order valence-electron chi connectivity index (χ2n) is 15.6. The molecule has 4 aliphatic rings. The summed E-state index contributed by atoms with van der Waals surface area (Å²) in [6.45, 7) is 22.7. The molecule has 1 saturated carbocycles. The Hall–Kier alpha value is -1.40. The average molecular weight is 719 g/mol. The van der Waals surface area contributed by atoms with Crippen molar-refractivity contribution >= 4 is 35.9 Å². The van der Waals surface area contributed by atoms with E-state index in [1.807, 2.05) is 0 Å². The predicted octanol–water partition coefficient (Wildman–Crippen LogP) is 6.14. The Morgan fingerprint density at radius 3 is 1.60 bits per heavy atom. The third-order valence-corrected chi connectivity index (χ3v) is 11.2. The van der Waals surface area contributed by atoms with E-state index in [1.54, 1.807) is 27.4 Å². The van der Waals surface area contributed by atoms with Crippen molar-refractivity contribution in [3.8, 4) is 0 Å². The number of fused-ring (bicyclic) bond motifs is 5. The van der Waals surface area contributed by atoms with Crippen LogP contribution in [-0.2, 0) is 35.1 Å². The Kier molecular flexibility index (Phi) is 12.2. The Balaban J connectivity index is 0.000000230. The van der Waals surface area contributed by atoms with Gasteiger partial charge in [0, 0.05) is 10.8 Å². The van der Waals surface area contributed by atoms with E-state index in [4.69, 9.17) is 0 Å². The minimum absolute atomic E-state index is 0. The molecule has 0 nitrogen and oxygen atoms in total. The number of hydrogen-bond donors (Lipinski definition) is 0. The molecule has 0 radical (unpaired) electrons. The summed E-state index contributed by atoms with van der Waals surface area (Å²) >= 11 is 1.69. The van der Waals surface area contributed by atoms with Crippen LogP contribution in [0.1, 0.15) is 130 Å². The zero-order valence-electron chi connectivity index (χ0n) is 29.3. The van der Waals surface area contributed by atoms with Crippen LogP contribution in [0.3, 0.4) is 0 Å². The summed E-state index contributed by atoms with van der Waals surface area (Å²) in [6.07, 6.45) is 21.1. The third kappa shape index (κ3) is 8.02. The zero-order chi connectivity index (χ0) is 31.3. The van der Waals surface area contributed by atoms with Crippen molar-refractivity contribution in [3.63, 3.8) is 0 Å². The van der Waals surface area contributed by atoms with E-state index in [0.29, 0.717) is 11.3 Å². The summed E-state index contributed by atoms with van der Waals surface area (Å²) in [6, 6.07) is 12.1. The molecule has 0 saturated heterocycles. The van der Waals surface area contributed by atoms with E-state index < -0.39 is 0 Å². The molecule has 3 aromatic carbocycles. The van der Waals surface area contributed by atoms with Gasteiger partial charge in [-0.25, -0.2) is 6.08 Å². The van der Waals surface area contributed by atoms with Gasteiger partial charge >= 0.3 is 59.5 Å². The fourth-order valence-corrected chi connectivity index (χ4v) is 8.28. The van der Waals surface area contributed by atoms with Crippen molar-refractivity contribution in [2.24, 2.45) is 11.3 Å². The van der Waals surface area contributed by atoms with E-state index in [0.717, 1.165) is 0 Å². The SMILES string of the molecule is CC1=CC(C)(C)c2cc3[cH-]c4cc5c(cc4c3cc21)C(C)=CC5(C)C.CCC1[C-]=CC(C(C)(C)C)=C1.[Cl-].[Cl-].[Zr+2]=[C]1CCCCC1. The Morgan fingerprint density at radius 1 is 0.800 bits per heavy atom. The quantitative estimate of drug-likeness (QED) is 0.266. The van der Waals surface area contributed by atoms with Crippen LogP contribution in [0.25, 0.3) is 32.7 Å². The minimum atomic E-state index is 0. The van der Waals surface area contributed by atoms with Gasteiger partial charge < -0.3 is 24.8 Å². The van der Waals surface area contributed by atoms with Gasteiger partial charge in [-0.1, -0.05) is 109 Å². The van der Waals surface area contributed by atoms with Crippen LogP contribution >= 0.6 is 0 Å². The van der Waals surface area contributed by atoms with E-state index in [-0.39, 0.29) is 35.6 Å². The number of halogens is 2. The van der Waals surface area contributed by atoms with Crippen molar-refractivity contribution in [3.05, 3.63) is 88.5 Å². The molecule has 4 aliphatic carbocycles. The number of hydrogen-bond acceptors (Lipinski definition) is 0. The van der Waals surface area contributed by atoms with Crippen molar-refractivity contribution < 1.29 is 49.0 Å². The van der Waals surface area contributed by atoms with Crippen LogP contribution in [0.15, 0.2) is 60.2 Å². The van der Waals surface area contributed by atoms with Gasteiger partial charge in [-0.15, -0.1) is 39.7 Å². The Bertz CT molecular complexity index is 1600. The van der Waals surface area contributed by atoms with Crippen LogP contribution in [-0.4, -0.2) is 3.21 Å². The van der Waals surface area contributed by atoms with E-state index in [2.05, 4.69) is 130 Å². The second kappa shape index (κ2) is 14.4. The van der Waals surface area contributed by atoms with Gasteiger partial charge in [0.1, 0.15) is 0 Å². The van der Waals surface area contributed by atoms with Gasteiger partial charge in [-0.3, -0.25) is 6.08 Å². The summed E-state index contributed by atoms with van der Waals surface area (Å²) in [5.41, 5.74) is 10.6. The van der Waals surface area contributed by atoms with Crippen LogP contribution in [0.5, 0.6) is 0 Å². The second-order valence-corrected chi connectivity index (χ2v) is 17.3. The molecule has 3 heteroatoms. The third-order valence-electron chi connectivity index (χ3n) is 9.97. The fourth-order valence-electron chi connectivity index (χ4n) is 7.41. The molecule has 0 aliphatic heterocycles. The van der Waals surface area contributed by atoms with Gasteiger partial charge in [0.25, 0.3) is 0 Å². The first-order valence-corrected chi connectivity index (χ1v) is 17.8. The molecule has 1 fully saturated rings. The first-order chi connectivity index (χ1) is 20.1. The first kappa shape index (κ1) is 38.1. The van der Waals surface area contributed by atoms with E-state index in [9.17, 15) is 0 Å². The van der Waals surface area contributed by atoms with Gasteiger partial charge in [0.15, 0.2) is 0 Å². The topological polar surface area (TPSA) is 0 Å². The molecule has 0 bridgehead atoms. The number of benzene rings is 2. The maximum atomic E-state index is 3.35. The summed E-state index contributed by atoms with van der Waals surface area (Å²) in [5.74, 6) is 0.573. The van der Waals surface area contributed by atoms with Gasteiger partial charge in [0.2, 0.25) is 0 Å². The van der Waals surface area contributed by atoms with Crippen LogP contribution < -0.4 is 24.8 Å². The normalized spacial score (nSPS) is 20.5.